The highest BCUT2D eigenvalue weighted by Gasteiger charge is 2.15. The zero-order chi connectivity index (χ0) is 12.8. The topological polar surface area (TPSA) is 63.4 Å². The maximum absolute atomic E-state index is 13.6. The zero-order valence-corrected chi connectivity index (χ0v) is 9.83. The molecular weight excluding hydrogens is 230 g/mol. The molecule has 17 heavy (non-hydrogen) atoms. The minimum absolute atomic E-state index is 0.0545. The molecule has 1 rings (SSSR count). The van der Waals surface area contributed by atoms with Crippen LogP contribution in [-0.2, 0) is 4.74 Å². The first kappa shape index (κ1) is 13.6. The quantitative estimate of drug-likeness (QED) is 0.581. The Morgan fingerprint density at radius 1 is 1.47 bits per heavy atom. The summed E-state index contributed by atoms with van der Waals surface area (Å²) in [5.74, 6) is 3.42. The van der Waals surface area contributed by atoms with E-state index in [0.29, 0.717) is 19.7 Å². The van der Waals surface area contributed by atoms with Gasteiger partial charge in [-0.1, -0.05) is 0 Å². The minimum Gasteiger partial charge on any atom is -0.383 e. The molecule has 0 bridgehead atoms. The molecule has 3 N–H and O–H groups in total. The average molecular weight is 246 g/mol. The summed E-state index contributed by atoms with van der Waals surface area (Å²) in [6, 6.07) is 0.757. The fraction of sp³-hybridized carbons (Fsp3) is 0.500. The number of hydrogen-bond donors (Lipinski definition) is 2. The summed E-state index contributed by atoms with van der Waals surface area (Å²) < 4.78 is 31.6. The van der Waals surface area contributed by atoms with Gasteiger partial charge in [-0.15, -0.1) is 0 Å². The number of aromatic nitrogens is 1. The number of halogens is 2. The summed E-state index contributed by atoms with van der Waals surface area (Å²) in [6.45, 7) is 3.27. The van der Waals surface area contributed by atoms with E-state index in [1.54, 1.807) is 12.0 Å². The van der Waals surface area contributed by atoms with Gasteiger partial charge >= 0.3 is 0 Å². The molecule has 0 amide bonds. The fourth-order valence-electron chi connectivity index (χ4n) is 1.40. The van der Waals surface area contributed by atoms with E-state index in [2.05, 4.69) is 10.4 Å². The second-order valence-corrected chi connectivity index (χ2v) is 3.34. The highest BCUT2D eigenvalue weighted by Crippen LogP contribution is 2.21. The van der Waals surface area contributed by atoms with Gasteiger partial charge in [-0.05, 0) is 6.92 Å². The first-order chi connectivity index (χ1) is 8.13. The number of anilines is 2. The van der Waals surface area contributed by atoms with Gasteiger partial charge in [0.25, 0.3) is 0 Å². The molecular formula is C10H16F2N4O. The molecule has 7 heteroatoms. The third kappa shape index (κ3) is 3.24. The van der Waals surface area contributed by atoms with E-state index in [9.17, 15) is 8.78 Å². The third-order valence-electron chi connectivity index (χ3n) is 2.29. The second-order valence-electron chi connectivity index (χ2n) is 3.34. The molecule has 1 aromatic rings. The molecule has 0 spiro atoms. The van der Waals surface area contributed by atoms with E-state index in [0.717, 1.165) is 6.07 Å². The van der Waals surface area contributed by atoms with Crippen molar-refractivity contribution in [2.24, 2.45) is 5.84 Å². The van der Waals surface area contributed by atoms with Crippen LogP contribution >= 0.6 is 0 Å². The van der Waals surface area contributed by atoms with Gasteiger partial charge in [0.2, 0.25) is 0 Å². The maximum Gasteiger partial charge on any atom is 0.178 e. The van der Waals surface area contributed by atoms with Crippen LogP contribution in [0.3, 0.4) is 0 Å². The van der Waals surface area contributed by atoms with Crippen LogP contribution in [-0.4, -0.2) is 31.8 Å². The van der Waals surface area contributed by atoms with Crippen molar-refractivity contribution >= 4 is 11.6 Å². The SMILES string of the molecule is CCN(CCOC)c1nc(NN)c(F)cc1F. The summed E-state index contributed by atoms with van der Waals surface area (Å²) in [7, 11) is 1.55. The highest BCUT2D eigenvalue weighted by atomic mass is 19.1. The number of rotatable bonds is 6. The van der Waals surface area contributed by atoms with Crippen LogP contribution in [0.4, 0.5) is 20.4 Å². The summed E-state index contributed by atoms with van der Waals surface area (Å²) in [5.41, 5.74) is 2.09. The molecule has 0 radical (unpaired) electrons. The van der Waals surface area contributed by atoms with Crippen LogP contribution in [0, 0.1) is 11.6 Å². The van der Waals surface area contributed by atoms with Crippen molar-refractivity contribution in [3.63, 3.8) is 0 Å². The first-order valence-corrected chi connectivity index (χ1v) is 5.20. The highest BCUT2D eigenvalue weighted by molar-refractivity contribution is 5.48. The molecule has 0 aliphatic rings. The third-order valence-corrected chi connectivity index (χ3v) is 2.29. The zero-order valence-electron chi connectivity index (χ0n) is 9.83. The Kier molecular flexibility index (Phi) is 5.05. The standard InChI is InChI=1S/C10H16F2N4O/c1-3-16(4-5-17-2)10-8(12)6-7(11)9(14-10)15-13/h6H,3-5,13H2,1-2H3,(H,14,15). The number of likely N-dealkylation sites (N-methyl/N-ethyl adjacent to an activating group) is 1. The van der Waals surface area contributed by atoms with Crippen LogP contribution in [0.2, 0.25) is 0 Å². The lowest BCUT2D eigenvalue weighted by atomic mass is 10.3. The molecule has 0 aromatic carbocycles. The summed E-state index contributed by atoms with van der Waals surface area (Å²) >= 11 is 0. The predicted octanol–water partition coefficient (Wildman–Crippen LogP) is 1.12. The van der Waals surface area contributed by atoms with Crippen molar-refractivity contribution in [1.29, 1.82) is 0 Å². The van der Waals surface area contributed by atoms with Crippen LogP contribution < -0.4 is 16.2 Å². The van der Waals surface area contributed by atoms with Crippen molar-refractivity contribution in [1.82, 2.24) is 4.98 Å². The fourth-order valence-corrected chi connectivity index (χ4v) is 1.40. The van der Waals surface area contributed by atoms with Crippen molar-refractivity contribution in [2.75, 3.05) is 37.1 Å². The Bertz CT molecular complexity index is 376. The van der Waals surface area contributed by atoms with Gasteiger partial charge in [-0.2, -0.15) is 0 Å². The van der Waals surface area contributed by atoms with Crippen LogP contribution in [0.5, 0.6) is 0 Å². The van der Waals surface area contributed by atoms with E-state index < -0.39 is 11.6 Å². The summed E-state index contributed by atoms with van der Waals surface area (Å²) in [4.78, 5) is 5.44. The Morgan fingerprint density at radius 2 is 2.18 bits per heavy atom. The van der Waals surface area contributed by atoms with Crippen molar-refractivity contribution < 1.29 is 13.5 Å². The van der Waals surface area contributed by atoms with E-state index in [-0.39, 0.29) is 11.6 Å². The number of pyridine rings is 1. The molecule has 96 valence electrons. The first-order valence-electron chi connectivity index (χ1n) is 5.20. The van der Waals surface area contributed by atoms with Gasteiger partial charge in [-0.25, -0.2) is 19.6 Å². The molecule has 0 aliphatic carbocycles. The molecule has 1 aromatic heterocycles. The smallest absolute Gasteiger partial charge is 0.178 e. The summed E-state index contributed by atoms with van der Waals surface area (Å²) in [6.07, 6.45) is 0. The molecule has 0 unspecified atom stereocenters. The normalized spacial score (nSPS) is 10.4. The molecule has 0 saturated heterocycles. The maximum atomic E-state index is 13.6. The monoisotopic (exact) mass is 246 g/mol. The van der Waals surface area contributed by atoms with Crippen molar-refractivity contribution in [3.05, 3.63) is 17.7 Å². The van der Waals surface area contributed by atoms with Gasteiger partial charge < -0.3 is 15.1 Å². The number of hydrogen-bond acceptors (Lipinski definition) is 5. The number of hydrazine groups is 1. The largest absolute Gasteiger partial charge is 0.383 e. The second kappa shape index (κ2) is 6.31. The van der Waals surface area contributed by atoms with E-state index in [4.69, 9.17) is 10.6 Å². The lowest BCUT2D eigenvalue weighted by Crippen LogP contribution is -2.29. The Labute approximate surface area is 98.5 Å². The van der Waals surface area contributed by atoms with Gasteiger partial charge in [0.15, 0.2) is 23.3 Å². The van der Waals surface area contributed by atoms with E-state index >= 15 is 0 Å². The average Bonchev–Trinajstić information content (AvgIpc) is 2.32. The van der Waals surface area contributed by atoms with E-state index in [1.807, 2.05) is 6.92 Å². The lowest BCUT2D eigenvalue weighted by molar-refractivity contribution is 0.205. The van der Waals surface area contributed by atoms with Crippen LogP contribution in [0.15, 0.2) is 6.07 Å². The lowest BCUT2D eigenvalue weighted by Gasteiger charge is -2.22. The molecule has 5 nitrogen and oxygen atoms in total. The molecule has 0 saturated carbocycles. The Hall–Kier alpha value is -1.47. The predicted molar refractivity (Wildman–Crippen MR) is 61.7 cm³/mol. The molecule has 1 heterocycles. The molecule has 0 aliphatic heterocycles. The Morgan fingerprint density at radius 3 is 2.71 bits per heavy atom. The van der Waals surface area contributed by atoms with Gasteiger partial charge in [0.05, 0.1) is 6.61 Å². The number of ether oxygens (including phenoxy) is 1. The number of nitrogen functional groups attached to an aromatic ring is 1. The summed E-state index contributed by atoms with van der Waals surface area (Å²) in [5, 5.41) is 0. The number of nitrogens with zero attached hydrogens (tertiary/aromatic N) is 2. The van der Waals surface area contributed by atoms with Gasteiger partial charge in [0, 0.05) is 26.3 Å². The van der Waals surface area contributed by atoms with Crippen molar-refractivity contribution in [3.8, 4) is 0 Å². The van der Waals surface area contributed by atoms with Gasteiger partial charge in [0.1, 0.15) is 0 Å². The number of nitrogens with two attached hydrogens (primary N) is 1. The number of methoxy groups -OCH3 is 1. The molecule has 0 fully saturated rings. The van der Waals surface area contributed by atoms with Crippen molar-refractivity contribution in [2.45, 2.75) is 6.92 Å². The number of nitrogens with one attached hydrogen (secondary N) is 1. The Balaban J connectivity index is 3.01. The van der Waals surface area contributed by atoms with Crippen LogP contribution in [0.1, 0.15) is 6.92 Å². The molecule has 0 atom stereocenters. The minimum atomic E-state index is -0.823. The van der Waals surface area contributed by atoms with Gasteiger partial charge in [-0.3, -0.25) is 0 Å². The van der Waals surface area contributed by atoms with E-state index in [1.165, 1.54) is 0 Å². The van der Waals surface area contributed by atoms with Crippen LogP contribution in [0.25, 0.3) is 0 Å².